The van der Waals surface area contributed by atoms with Crippen LogP contribution in [0.3, 0.4) is 0 Å². The number of rotatable bonds is 5. The van der Waals surface area contributed by atoms with E-state index in [9.17, 15) is 0 Å². The first kappa shape index (κ1) is 14.5. The van der Waals surface area contributed by atoms with E-state index < -0.39 is 0 Å². The molecule has 1 aromatic heterocycles. The highest BCUT2D eigenvalue weighted by molar-refractivity contribution is 9.10. The molecule has 2 aromatic rings. The molecule has 1 aromatic carbocycles. The highest BCUT2D eigenvalue weighted by Crippen LogP contribution is 2.19. The largest absolute Gasteiger partial charge is 0.376 e. The number of halogens is 1. The predicted octanol–water partition coefficient (Wildman–Crippen LogP) is 3.42. The van der Waals surface area contributed by atoms with E-state index in [1.165, 1.54) is 5.56 Å². The maximum atomic E-state index is 5.76. The van der Waals surface area contributed by atoms with E-state index in [1.54, 1.807) is 12.4 Å². The number of benzene rings is 1. The minimum atomic E-state index is 0.279. The van der Waals surface area contributed by atoms with Gasteiger partial charge in [0.15, 0.2) is 0 Å². The molecule has 1 aliphatic heterocycles. The van der Waals surface area contributed by atoms with Gasteiger partial charge in [-0.2, -0.15) is 0 Å². The van der Waals surface area contributed by atoms with Gasteiger partial charge in [-0.05, 0) is 34.3 Å². The van der Waals surface area contributed by atoms with Crippen LogP contribution in [0.4, 0.5) is 5.95 Å². The number of hydrogen-bond donors (Lipinski definition) is 0. The minimum Gasteiger partial charge on any atom is -0.376 e. The molecule has 2 heterocycles. The Morgan fingerprint density at radius 1 is 1.19 bits per heavy atom. The van der Waals surface area contributed by atoms with Crippen LogP contribution in [0.2, 0.25) is 0 Å². The SMILES string of the molecule is Brc1cnc(N(Cc2ccccc2)C[C@@H]2CCCO2)nc1. The van der Waals surface area contributed by atoms with Crippen molar-refractivity contribution in [1.82, 2.24) is 9.97 Å². The summed E-state index contributed by atoms with van der Waals surface area (Å²) in [5, 5.41) is 0. The molecule has 5 heteroatoms. The minimum absolute atomic E-state index is 0.279. The van der Waals surface area contributed by atoms with E-state index in [1.807, 2.05) is 6.07 Å². The van der Waals surface area contributed by atoms with Gasteiger partial charge in [0.25, 0.3) is 0 Å². The lowest BCUT2D eigenvalue weighted by atomic mass is 10.2. The van der Waals surface area contributed by atoms with Gasteiger partial charge >= 0.3 is 0 Å². The molecular formula is C16H18BrN3O. The average molecular weight is 348 g/mol. The standard InChI is InChI=1S/C16H18BrN3O/c17-14-9-18-16(19-10-14)20(12-15-7-4-8-21-15)11-13-5-2-1-3-6-13/h1-3,5-6,9-10,15H,4,7-8,11-12H2/t15-/m0/s1. The van der Waals surface area contributed by atoms with E-state index in [2.05, 4.69) is 55.1 Å². The summed E-state index contributed by atoms with van der Waals surface area (Å²) < 4.78 is 6.65. The summed E-state index contributed by atoms with van der Waals surface area (Å²) in [6.45, 7) is 2.49. The Bertz CT molecular complexity index is 555. The summed E-state index contributed by atoms with van der Waals surface area (Å²) in [6, 6.07) is 10.4. The van der Waals surface area contributed by atoms with Crippen LogP contribution >= 0.6 is 15.9 Å². The van der Waals surface area contributed by atoms with Gasteiger partial charge in [-0.25, -0.2) is 9.97 Å². The Morgan fingerprint density at radius 2 is 1.95 bits per heavy atom. The van der Waals surface area contributed by atoms with Crippen molar-refractivity contribution in [3.8, 4) is 0 Å². The van der Waals surface area contributed by atoms with Crippen molar-refractivity contribution in [2.45, 2.75) is 25.5 Å². The molecule has 0 saturated carbocycles. The third kappa shape index (κ3) is 4.02. The Kier molecular flexibility index (Phi) is 4.83. The first-order valence-electron chi connectivity index (χ1n) is 7.19. The van der Waals surface area contributed by atoms with Crippen LogP contribution in [0.1, 0.15) is 18.4 Å². The third-order valence-corrected chi connectivity index (χ3v) is 3.96. The predicted molar refractivity (Wildman–Crippen MR) is 86.2 cm³/mol. The number of hydrogen-bond acceptors (Lipinski definition) is 4. The number of ether oxygens (including phenoxy) is 1. The Hall–Kier alpha value is -1.46. The van der Waals surface area contributed by atoms with E-state index in [0.717, 1.165) is 43.0 Å². The highest BCUT2D eigenvalue weighted by Gasteiger charge is 2.21. The van der Waals surface area contributed by atoms with Crippen LogP contribution in [0.15, 0.2) is 47.2 Å². The van der Waals surface area contributed by atoms with Crippen LogP contribution in [0, 0.1) is 0 Å². The zero-order valence-electron chi connectivity index (χ0n) is 11.8. The van der Waals surface area contributed by atoms with Gasteiger partial charge < -0.3 is 9.64 Å². The summed E-state index contributed by atoms with van der Waals surface area (Å²) in [7, 11) is 0. The number of nitrogens with zero attached hydrogens (tertiary/aromatic N) is 3. The average Bonchev–Trinajstić information content (AvgIpc) is 3.01. The Labute approximate surface area is 133 Å². The van der Waals surface area contributed by atoms with Crippen molar-refractivity contribution in [2.24, 2.45) is 0 Å². The van der Waals surface area contributed by atoms with Gasteiger partial charge in [-0.1, -0.05) is 30.3 Å². The maximum Gasteiger partial charge on any atom is 0.225 e. The molecule has 21 heavy (non-hydrogen) atoms. The normalized spacial score (nSPS) is 17.9. The third-order valence-electron chi connectivity index (χ3n) is 3.55. The molecule has 0 aliphatic carbocycles. The summed E-state index contributed by atoms with van der Waals surface area (Å²) in [4.78, 5) is 11.1. The van der Waals surface area contributed by atoms with Crippen molar-refractivity contribution < 1.29 is 4.74 Å². The lowest BCUT2D eigenvalue weighted by Gasteiger charge is -2.25. The fourth-order valence-electron chi connectivity index (χ4n) is 2.52. The summed E-state index contributed by atoms with van der Waals surface area (Å²) >= 11 is 3.38. The maximum absolute atomic E-state index is 5.76. The first-order chi connectivity index (χ1) is 10.3. The molecule has 0 spiro atoms. The fraction of sp³-hybridized carbons (Fsp3) is 0.375. The van der Waals surface area contributed by atoms with Gasteiger partial charge in [-0.3, -0.25) is 0 Å². The van der Waals surface area contributed by atoms with Crippen LogP contribution in [0.25, 0.3) is 0 Å². The molecule has 1 atom stereocenters. The van der Waals surface area contributed by atoms with Gasteiger partial charge in [0, 0.05) is 32.1 Å². The number of aromatic nitrogens is 2. The molecule has 3 rings (SSSR count). The molecule has 0 radical (unpaired) electrons. The van der Waals surface area contributed by atoms with Gasteiger partial charge in [-0.15, -0.1) is 0 Å². The monoisotopic (exact) mass is 347 g/mol. The zero-order valence-corrected chi connectivity index (χ0v) is 13.4. The van der Waals surface area contributed by atoms with Crippen LogP contribution in [-0.4, -0.2) is 29.2 Å². The molecule has 1 saturated heterocycles. The lowest BCUT2D eigenvalue weighted by Crippen LogP contribution is -2.33. The second-order valence-corrected chi connectivity index (χ2v) is 6.12. The van der Waals surface area contributed by atoms with Gasteiger partial charge in [0.05, 0.1) is 10.6 Å². The Morgan fingerprint density at radius 3 is 2.62 bits per heavy atom. The molecule has 1 aliphatic rings. The fourth-order valence-corrected chi connectivity index (χ4v) is 2.73. The molecule has 0 N–H and O–H groups in total. The van der Waals surface area contributed by atoms with E-state index in [4.69, 9.17) is 4.74 Å². The Balaban J connectivity index is 1.77. The van der Waals surface area contributed by atoms with Gasteiger partial charge in [0.1, 0.15) is 0 Å². The zero-order chi connectivity index (χ0) is 14.5. The molecule has 110 valence electrons. The smallest absolute Gasteiger partial charge is 0.225 e. The van der Waals surface area contributed by atoms with E-state index >= 15 is 0 Å². The van der Waals surface area contributed by atoms with Crippen molar-refractivity contribution in [1.29, 1.82) is 0 Å². The van der Waals surface area contributed by atoms with Gasteiger partial charge in [0.2, 0.25) is 5.95 Å². The first-order valence-corrected chi connectivity index (χ1v) is 7.98. The van der Waals surface area contributed by atoms with Crippen LogP contribution in [0.5, 0.6) is 0 Å². The number of anilines is 1. The van der Waals surface area contributed by atoms with Crippen molar-refractivity contribution in [3.63, 3.8) is 0 Å². The molecule has 0 unspecified atom stereocenters. The highest BCUT2D eigenvalue weighted by atomic mass is 79.9. The summed E-state index contributed by atoms with van der Waals surface area (Å²) in [6.07, 6.45) is 6.11. The summed E-state index contributed by atoms with van der Waals surface area (Å²) in [5.41, 5.74) is 1.25. The topological polar surface area (TPSA) is 38.2 Å². The quantitative estimate of drug-likeness (QED) is 0.830. The molecular weight excluding hydrogens is 330 g/mol. The van der Waals surface area contributed by atoms with E-state index in [-0.39, 0.29) is 6.10 Å². The second kappa shape index (κ2) is 7.00. The molecule has 0 bridgehead atoms. The van der Waals surface area contributed by atoms with Crippen LogP contribution in [-0.2, 0) is 11.3 Å². The van der Waals surface area contributed by atoms with Crippen LogP contribution < -0.4 is 4.90 Å². The molecule has 4 nitrogen and oxygen atoms in total. The van der Waals surface area contributed by atoms with E-state index in [0.29, 0.717) is 0 Å². The van der Waals surface area contributed by atoms with Crippen molar-refractivity contribution in [3.05, 3.63) is 52.8 Å². The van der Waals surface area contributed by atoms with Crippen molar-refractivity contribution >= 4 is 21.9 Å². The summed E-state index contributed by atoms with van der Waals surface area (Å²) in [5.74, 6) is 0.748. The molecule has 0 amide bonds. The van der Waals surface area contributed by atoms with Crippen molar-refractivity contribution in [2.75, 3.05) is 18.1 Å². The lowest BCUT2D eigenvalue weighted by molar-refractivity contribution is 0.115. The second-order valence-electron chi connectivity index (χ2n) is 5.20. The molecule has 1 fully saturated rings.